The molecule has 23 heavy (non-hydrogen) atoms. The highest BCUT2D eigenvalue weighted by Gasteiger charge is 2.29. The van der Waals surface area contributed by atoms with Gasteiger partial charge in [0.1, 0.15) is 0 Å². The Bertz CT molecular complexity index is 654. The molecule has 1 saturated heterocycles. The first-order valence-corrected chi connectivity index (χ1v) is 9.73. The first-order chi connectivity index (χ1) is 10.9. The molecule has 0 aromatic heterocycles. The van der Waals surface area contributed by atoms with Gasteiger partial charge in [0, 0.05) is 31.7 Å². The number of piperidine rings is 1. The van der Waals surface area contributed by atoms with Crippen molar-refractivity contribution in [1.29, 1.82) is 0 Å². The molecule has 5 nitrogen and oxygen atoms in total. The summed E-state index contributed by atoms with van der Waals surface area (Å²) < 4.78 is 27.2. The second-order valence-electron chi connectivity index (χ2n) is 6.12. The Labute approximate surface area is 139 Å². The van der Waals surface area contributed by atoms with E-state index in [0.29, 0.717) is 37.7 Å². The predicted molar refractivity (Wildman–Crippen MR) is 90.9 cm³/mol. The van der Waals surface area contributed by atoms with E-state index in [4.69, 9.17) is 0 Å². The SMILES string of the molecule is CCN(CC)C(=O)c1cccc(S(=O)(=O)N2CCCC(C)C2)c1. The minimum atomic E-state index is -3.53. The van der Waals surface area contributed by atoms with Crippen LogP contribution in [0, 0.1) is 5.92 Å². The first kappa shape index (κ1) is 17.9. The highest BCUT2D eigenvalue weighted by Crippen LogP contribution is 2.24. The van der Waals surface area contributed by atoms with Crippen molar-refractivity contribution >= 4 is 15.9 Å². The molecule has 0 N–H and O–H groups in total. The smallest absolute Gasteiger partial charge is 0.253 e. The molecule has 1 heterocycles. The Morgan fingerprint density at radius 3 is 2.61 bits per heavy atom. The molecule has 0 radical (unpaired) electrons. The fourth-order valence-electron chi connectivity index (χ4n) is 3.00. The van der Waals surface area contributed by atoms with Crippen LogP contribution in [0.3, 0.4) is 0 Å². The molecule has 0 saturated carbocycles. The van der Waals surface area contributed by atoms with Crippen LogP contribution in [0.25, 0.3) is 0 Å². The molecule has 1 aromatic rings. The Balaban J connectivity index is 2.30. The quantitative estimate of drug-likeness (QED) is 0.829. The van der Waals surface area contributed by atoms with Crippen molar-refractivity contribution in [2.75, 3.05) is 26.2 Å². The molecule has 1 atom stereocenters. The monoisotopic (exact) mass is 338 g/mol. The van der Waals surface area contributed by atoms with E-state index in [9.17, 15) is 13.2 Å². The Kier molecular flexibility index (Phi) is 5.81. The summed E-state index contributed by atoms with van der Waals surface area (Å²) in [5, 5.41) is 0. The lowest BCUT2D eigenvalue weighted by Crippen LogP contribution is -2.39. The van der Waals surface area contributed by atoms with Crippen LogP contribution >= 0.6 is 0 Å². The number of nitrogens with zero attached hydrogens (tertiary/aromatic N) is 2. The van der Waals surface area contributed by atoms with Crippen molar-refractivity contribution in [1.82, 2.24) is 9.21 Å². The summed E-state index contributed by atoms with van der Waals surface area (Å²) in [7, 11) is -3.53. The summed E-state index contributed by atoms with van der Waals surface area (Å²) in [4.78, 5) is 14.3. The van der Waals surface area contributed by atoms with Crippen LogP contribution in [-0.4, -0.2) is 49.7 Å². The van der Waals surface area contributed by atoms with Gasteiger partial charge in [-0.2, -0.15) is 4.31 Å². The zero-order valence-electron chi connectivity index (χ0n) is 14.2. The molecule has 1 aromatic carbocycles. The van der Waals surface area contributed by atoms with E-state index >= 15 is 0 Å². The van der Waals surface area contributed by atoms with Gasteiger partial charge in [-0.1, -0.05) is 13.0 Å². The van der Waals surface area contributed by atoms with Gasteiger partial charge in [-0.3, -0.25) is 4.79 Å². The summed E-state index contributed by atoms with van der Waals surface area (Å²) in [5.74, 6) is 0.248. The lowest BCUT2D eigenvalue weighted by Gasteiger charge is -2.30. The molecule has 1 aliphatic rings. The third kappa shape index (κ3) is 3.93. The fourth-order valence-corrected chi connectivity index (χ4v) is 4.64. The minimum absolute atomic E-state index is 0.126. The number of hydrogen-bond donors (Lipinski definition) is 0. The van der Waals surface area contributed by atoms with Gasteiger partial charge in [0.15, 0.2) is 0 Å². The summed E-state index contributed by atoms with van der Waals surface area (Å²) in [6, 6.07) is 6.42. The lowest BCUT2D eigenvalue weighted by atomic mass is 10.0. The molecule has 0 spiro atoms. The molecular formula is C17H26N2O3S. The molecule has 2 rings (SSSR count). The number of benzene rings is 1. The van der Waals surface area contributed by atoms with Gasteiger partial charge in [-0.05, 0) is 50.8 Å². The molecule has 1 amide bonds. The third-order valence-corrected chi connectivity index (χ3v) is 6.25. The van der Waals surface area contributed by atoms with Gasteiger partial charge in [-0.15, -0.1) is 0 Å². The van der Waals surface area contributed by atoms with E-state index in [1.807, 2.05) is 13.8 Å². The molecular weight excluding hydrogens is 312 g/mol. The van der Waals surface area contributed by atoms with E-state index in [-0.39, 0.29) is 10.8 Å². The third-order valence-electron chi connectivity index (χ3n) is 4.39. The van der Waals surface area contributed by atoms with Crippen LogP contribution in [0.15, 0.2) is 29.2 Å². The average molecular weight is 338 g/mol. The molecule has 0 bridgehead atoms. The van der Waals surface area contributed by atoms with Crippen molar-refractivity contribution in [2.24, 2.45) is 5.92 Å². The van der Waals surface area contributed by atoms with Crippen LogP contribution in [0.1, 0.15) is 44.0 Å². The van der Waals surface area contributed by atoms with E-state index in [2.05, 4.69) is 6.92 Å². The van der Waals surface area contributed by atoms with Gasteiger partial charge in [-0.25, -0.2) is 8.42 Å². The van der Waals surface area contributed by atoms with Crippen LogP contribution in [0.2, 0.25) is 0 Å². The van der Waals surface area contributed by atoms with Crippen LogP contribution in [-0.2, 0) is 10.0 Å². The largest absolute Gasteiger partial charge is 0.339 e. The first-order valence-electron chi connectivity index (χ1n) is 8.29. The highest BCUT2D eigenvalue weighted by atomic mass is 32.2. The highest BCUT2D eigenvalue weighted by molar-refractivity contribution is 7.89. The standard InChI is InChI=1S/C17H26N2O3S/c1-4-18(5-2)17(20)15-9-6-10-16(12-15)23(21,22)19-11-7-8-14(3)13-19/h6,9-10,12,14H,4-5,7-8,11,13H2,1-3H3. The van der Waals surface area contributed by atoms with Crippen LogP contribution in [0.5, 0.6) is 0 Å². The molecule has 6 heteroatoms. The maximum Gasteiger partial charge on any atom is 0.253 e. The van der Waals surface area contributed by atoms with Crippen LogP contribution in [0.4, 0.5) is 0 Å². The van der Waals surface area contributed by atoms with E-state index in [0.717, 1.165) is 12.8 Å². The average Bonchev–Trinajstić information content (AvgIpc) is 2.56. The topological polar surface area (TPSA) is 57.7 Å². The van der Waals surface area contributed by atoms with Gasteiger partial charge in [0.25, 0.3) is 5.91 Å². The Hall–Kier alpha value is -1.40. The lowest BCUT2D eigenvalue weighted by molar-refractivity contribution is 0.0772. The zero-order valence-corrected chi connectivity index (χ0v) is 15.0. The second kappa shape index (κ2) is 7.45. The number of carbonyl (C=O) groups excluding carboxylic acids is 1. The van der Waals surface area contributed by atoms with E-state index in [1.165, 1.54) is 6.07 Å². The van der Waals surface area contributed by atoms with Gasteiger partial charge < -0.3 is 4.90 Å². The second-order valence-corrected chi connectivity index (χ2v) is 8.05. The summed E-state index contributed by atoms with van der Waals surface area (Å²) in [6.07, 6.45) is 1.95. The normalized spacial score (nSPS) is 19.5. The predicted octanol–water partition coefficient (Wildman–Crippen LogP) is 2.59. The summed E-state index contributed by atoms with van der Waals surface area (Å²) in [6.45, 7) is 8.22. The van der Waals surface area contributed by atoms with Crippen molar-refractivity contribution in [2.45, 2.75) is 38.5 Å². The number of sulfonamides is 1. The number of rotatable bonds is 5. The summed E-state index contributed by atoms with van der Waals surface area (Å²) in [5.41, 5.74) is 0.430. The molecule has 1 aliphatic heterocycles. The van der Waals surface area contributed by atoms with Crippen LogP contribution < -0.4 is 0 Å². The van der Waals surface area contributed by atoms with Gasteiger partial charge in [0.05, 0.1) is 4.90 Å². The van der Waals surface area contributed by atoms with Crippen molar-refractivity contribution in [3.63, 3.8) is 0 Å². The maximum atomic E-state index is 12.8. The fraction of sp³-hybridized carbons (Fsp3) is 0.588. The van der Waals surface area contributed by atoms with Crippen molar-refractivity contribution in [3.05, 3.63) is 29.8 Å². The summed E-state index contributed by atoms with van der Waals surface area (Å²) >= 11 is 0. The van der Waals surface area contributed by atoms with E-state index in [1.54, 1.807) is 27.4 Å². The maximum absolute atomic E-state index is 12.8. The van der Waals surface area contributed by atoms with Crippen molar-refractivity contribution < 1.29 is 13.2 Å². The Morgan fingerprint density at radius 2 is 2.00 bits per heavy atom. The number of hydrogen-bond acceptors (Lipinski definition) is 3. The van der Waals surface area contributed by atoms with Crippen molar-refractivity contribution in [3.8, 4) is 0 Å². The van der Waals surface area contributed by atoms with Gasteiger partial charge >= 0.3 is 0 Å². The minimum Gasteiger partial charge on any atom is -0.339 e. The van der Waals surface area contributed by atoms with Gasteiger partial charge in [0.2, 0.25) is 10.0 Å². The number of carbonyl (C=O) groups is 1. The zero-order chi connectivity index (χ0) is 17.0. The number of amides is 1. The molecule has 1 fully saturated rings. The molecule has 0 aliphatic carbocycles. The van der Waals surface area contributed by atoms with E-state index < -0.39 is 10.0 Å². The Morgan fingerprint density at radius 1 is 1.30 bits per heavy atom. The molecule has 1 unspecified atom stereocenters. The molecule has 128 valence electrons.